The van der Waals surface area contributed by atoms with Crippen molar-refractivity contribution in [3.05, 3.63) is 63.4 Å². The van der Waals surface area contributed by atoms with Gasteiger partial charge in [-0.3, -0.25) is 0 Å². The fraction of sp³-hybridized carbons (Fsp3) is 0.318. The highest BCUT2D eigenvalue weighted by atomic mass is 79.9. The smallest absolute Gasteiger partial charge is 0.341 e. The highest BCUT2D eigenvalue weighted by molar-refractivity contribution is 9.10. The van der Waals surface area contributed by atoms with E-state index in [0.717, 1.165) is 32.3 Å². The Morgan fingerprint density at radius 2 is 1.90 bits per heavy atom. The number of ether oxygens (including phenoxy) is 1. The molecule has 168 valence electrons. The number of esters is 1. The predicted molar refractivity (Wildman–Crippen MR) is 121 cm³/mol. The summed E-state index contributed by atoms with van der Waals surface area (Å²) in [6, 6.07) is 6.31. The summed E-state index contributed by atoms with van der Waals surface area (Å²) in [5, 5.41) is 10.2. The number of carbonyl (C=O) groups excluding carboxylic acids is 1. The number of nitrogens with zero attached hydrogens (tertiary/aromatic N) is 1. The summed E-state index contributed by atoms with van der Waals surface area (Å²) in [5.74, 6) is -2.39. The van der Waals surface area contributed by atoms with Gasteiger partial charge in [-0.1, -0.05) is 32.1 Å². The van der Waals surface area contributed by atoms with Crippen molar-refractivity contribution in [3.8, 4) is 5.75 Å². The molecular weight excluding hydrogens is 489 g/mol. The summed E-state index contributed by atoms with van der Waals surface area (Å²) in [4.78, 5) is 14.2. The molecule has 0 aromatic heterocycles. The molecule has 2 aromatic rings. The number of aromatic hydroxyl groups is 1. The third kappa shape index (κ3) is 6.15. The summed E-state index contributed by atoms with van der Waals surface area (Å²) in [5.41, 5.74) is 0.0595. The van der Waals surface area contributed by atoms with Crippen LogP contribution >= 0.6 is 15.9 Å². The molecule has 0 aliphatic carbocycles. The second-order valence-corrected chi connectivity index (χ2v) is 9.56. The zero-order valence-electron chi connectivity index (χ0n) is 17.6. The quantitative estimate of drug-likeness (QED) is 0.395. The van der Waals surface area contributed by atoms with Crippen LogP contribution in [0.15, 0.2) is 45.8 Å². The Labute approximate surface area is 190 Å². The van der Waals surface area contributed by atoms with Crippen LogP contribution in [0.1, 0.15) is 35.3 Å². The van der Waals surface area contributed by atoms with Gasteiger partial charge in [-0.05, 0) is 64.4 Å². The molecule has 0 aliphatic heterocycles. The van der Waals surface area contributed by atoms with Gasteiger partial charge in [-0.15, -0.1) is 0 Å². The number of carbonyl (C=O) groups is 1. The molecule has 0 amide bonds. The first kappa shape index (κ1) is 25.0. The number of hydrogen-bond donors (Lipinski definition) is 1. The van der Waals surface area contributed by atoms with Crippen molar-refractivity contribution < 1.29 is 27.4 Å². The topological polar surface area (TPSA) is 83.9 Å². The number of phenolic OH excluding ortho intramolecular Hbond substituents is 1. The van der Waals surface area contributed by atoms with E-state index in [1.807, 2.05) is 13.8 Å². The van der Waals surface area contributed by atoms with Crippen molar-refractivity contribution in [3.63, 3.8) is 0 Å². The number of sulfone groups is 1. The second-order valence-electron chi connectivity index (χ2n) is 6.75. The summed E-state index contributed by atoms with van der Waals surface area (Å²) >= 11 is 3.11. The molecule has 0 saturated heterocycles. The molecule has 6 nitrogen and oxygen atoms in total. The minimum atomic E-state index is -3.98. The van der Waals surface area contributed by atoms with Gasteiger partial charge in [0.05, 0.1) is 22.2 Å². The number of methoxy groups -OCH3 is 1. The normalized spacial score (nSPS) is 11.9. The summed E-state index contributed by atoms with van der Waals surface area (Å²) in [7, 11) is -2.84. The largest absolute Gasteiger partial charge is 0.506 e. The van der Waals surface area contributed by atoms with Gasteiger partial charge >= 0.3 is 5.97 Å². The number of halogens is 2. The van der Waals surface area contributed by atoms with Crippen LogP contribution in [0.4, 0.5) is 4.39 Å². The number of hydrogen-bond acceptors (Lipinski definition) is 6. The lowest BCUT2D eigenvalue weighted by Gasteiger charge is -2.15. The van der Waals surface area contributed by atoms with Gasteiger partial charge in [0.15, 0.2) is 9.84 Å². The Morgan fingerprint density at radius 1 is 1.23 bits per heavy atom. The monoisotopic (exact) mass is 513 g/mol. The molecule has 0 atom stereocenters. The van der Waals surface area contributed by atoms with Gasteiger partial charge in [0.1, 0.15) is 17.1 Å². The maximum Gasteiger partial charge on any atom is 0.341 e. The fourth-order valence-electron chi connectivity index (χ4n) is 3.08. The standard InChI is InChI=1S/C22H25BrFNO5S/c1-4-25(5-2)12-6-7-15-13-17(24)9-11-19(15)31(28,29)14-16-8-10-18(23)21(26)20(16)22(27)30-3/h6-11,13,26H,4-5,12,14H2,1-3H3/b7-6-. The van der Waals surface area contributed by atoms with E-state index in [1.165, 1.54) is 18.2 Å². The SMILES string of the molecule is CCN(CC)C/C=C\c1cc(F)ccc1S(=O)(=O)Cc1ccc(Br)c(O)c1C(=O)OC. The first-order valence-electron chi connectivity index (χ1n) is 9.64. The van der Waals surface area contributed by atoms with E-state index in [1.54, 1.807) is 12.2 Å². The number of likely N-dealkylation sites (N-methyl/N-ethyl adjacent to an activating group) is 1. The molecule has 0 radical (unpaired) electrons. The van der Waals surface area contributed by atoms with Crippen LogP contribution in [0, 0.1) is 5.82 Å². The van der Waals surface area contributed by atoms with E-state index in [0.29, 0.717) is 6.54 Å². The van der Waals surface area contributed by atoms with Gasteiger partial charge in [0, 0.05) is 6.54 Å². The van der Waals surface area contributed by atoms with Gasteiger partial charge in [0.2, 0.25) is 0 Å². The molecule has 2 aromatic carbocycles. The van der Waals surface area contributed by atoms with E-state index in [4.69, 9.17) is 0 Å². The Balaban J connectivity index is 2.47. The van der Waals surface area contributed by atoms with Gasteiger partial charge in [-0.25, -0.2) is 17.6 Å². The molecule has 1 N–H and O–H groups in total. The summed E-state index contributed by atoms with van der Waals surface area (Å²) < 4.78 is 45.2. The zero-order valence-corrected chi connectivity index (χ0v) is 20.0. The van der Waals surface area contributed by atoms with Gasteiger partial charge in [-0.2, -0.15) is 0 Å². The first-order chi connectivity index (χ1) is 14.6. The number of phenols is 1. The Kier molecular flexibility index (Phi) is 8.79. The van der Waals surface area contributed by atoms with Gasteiger partial charge in [0.25, 0.3) is 0 Å². The second kappa shape index (κ2) is 10.9. The van der Waals surface area contributed by atoms with Crippen molar-refractivity contribution in [1.29, 1.82) is 0 Å². The molecule has 0 fully saturated rings. The molecule has 2 rings (SSSR count). The molecule has 0 heterocycles. The van der Waals surface area contributed by atoms with Crippen LogP contribution in [0.2, 0.25) is 0 Å². The van der Waals surface area contributed by atoms with E-state index < -0.39 is 33.1 Å². The molecule has 0 unspecified atom stereocenters. The molecule has 0 bridgehead atoms. The van der Waals surface area contributed by atoms with E-state index in [-0.39, 0.29) is 26.1 Å². The molecule has 0 saturated carbocycles. The zero-order chi connectivity index (χ0) is 23.2. The van der Waals surface area contributed by atoms with Crippen LogP contribution < -0.4 is 0 Å². The minimum Gasteiger partial charge on any atom is -0.506 e. The van der Waals surface area contributed by atoms with Crippen molar-refractivity contribution in [1.82, 2.24) is 4.90 Å². The van der Waals surface area contributed by atoms with Crippen LogP contribution in [0.5, 0.6) is 5.75 Å². The fourth-order valence-corrected chi connectivity index (χ4v) is 4.98. The maximum absolute atomic E-state index is 13.9. The average molecular weight is 514 g/mol. The first-order valence-corrected chi connectivity index (χ1v) is 12.1. The van der Waals surface area contributed by atoms with Crippen molar-refractivity contribution in [2.24, 2.45) is 0 Å². The van der Waals surface area contributed by atoms with Crippen LogP contribution in [-0.2, 0) is 20.3 Å². The van der Waals surface area contributed by atoms with Crippen LogP contribution in [0.3, 0.4) is 0 Å². The van der Waals surface area contributed by atoms with Crippen LogP contribution in [-0.4, -0.2) is 51.1 Å². The molecule has 0 aliphatic rings. The summed E-state index contributed by atoms with van der Waals surface area (Å²) in [6.45, 7) is 6.29. The lowest BCUT2D eigenvalue weighted by atomic mass is 10.1. The van der Waals surface area contributed by atoms with Crippen LogP contribution in [0.25, 0.3) is 6.08 Å². The van der Waals surface area contributed by atoms with Crippen molar-refractivity contribution >= 4 is 37.8 Å². The average Bonchev–Trinajstić information content (AvgIpc) is 2.73. The van der Waals surface area contributed by atoms with Gasteiger partial charge < -0.3 is 14.7 Å². The Morgan fingerprint density at radius 3 is 2.52 bits per heavy atom. The molecule has 0 spiro atoms. The summed E-state index contributed by atoms with van der Waals surface area (Å²) in [6.07, 6.45) is 3.36. The van der Waals surface area contributed by atoms with E-state index >= 15 is 0 Å². The third-order valence-corrected chi connectivity index (χ3v) is 7.19. The molecular formula is C22H25BrFNO5S. The van der Waals surface area contributed by atoms with E-state index in [9.17, 15) is 22.7 Å². The highest BCUT2D eigenvalue weighted by Gasteiger charge is 2.26. The minimum absolute atomic E-state index is 0.0667. The maximum atomic E-state index is 13.9. The lowest BCUT2D eigenvalue weighted by Crippen LogP contribution is -2.22. The Hall–Kier alpha value is -2.23. The third-order valence-electron chi connectivity index (χ3n) is 4.81. The Bertz CT molecular complexity index is 1080. The predicted octanol–water partition coefficient (Wildman–Crippen LogP) is 4.41. The van der Waals surface area contributed by atoms with Crippen molar-refractivity contribution in [2.45, 2.75) is 24.5 Å². The highest BCUT2D eigenvalue weighted by Crippen LogP contribution is 2.33. The number of rotatable bonds is 9. The lowest BCUT2D eigenvalue weighted by molar-refractivity contribution is 0.0596. The molecule has 31 heavy (non-hydrogen) atoms. The number of benzene rings is 2. The molecule has 9 heteroatoms. The van der Waals surface area contributed by atoms with E-state index in [2.05, 4.69) is 25.6 Å². The van der Waals surface area contributed by atoms with Crippen molar-refractivity contribution in [2.75, 3.05) is 26.7 Å².